The first-order valence-corrected chi connectivity index (χ1v) is 6.61. The van der Waals surface area contributed by atoms with Crippen molar-refractivity contribution in [1.29, 1.82) is 0 Å². The van der Waals surface area contributed by atoms with Crippen LogP contribution in [0.15, 0.2) is 59.3 Å². The first kappa shape index (κ1) is 13.5. The normalized spacial score (nSPS) is 10.6. The highest BCUT2D eigenvalue weighted by Crippen LogP contribution is 2.12. The number of nitrogens with one attached hydrogen (secondary N) is 1. The van der Waals surface area contributed by atoms with E-state index in [1.165, 1.54) is 6.08 Å². The van der Waals surface area contributed by atoms with Gasteiger partial charge in [0, 0.05) is 28.5 Å². The average Bonchev–Trinajstić information content (AvgIpc) is 2.41. The zero-order chi connectivity index (χ0) is 13.7. The van der Waals surface area contributed by atoms with Crippen LogP contribution >= 0.6 is 15.9 Å². The maximum atomic E-state index is 11.9. The maximum Gasteiger partial charge on any atom is 0.187 e. The van der Waals surface area contributed by atoms with Crippen molar-refractivity contribution in [2.24, 2.45) is 0 Å². The van der Waals surface area contributed by atoms with Gasteiger partial charge in [-0.3, -0.25) is 4.79 Å². The number of halogens is 1. The molecule has 0 spiro atoms. The number of allylic oxidation sites excluding steroid dienone is 1. The SMILES string of the molecule is Cc1cccnc1N/C=C/C(=O)c1ccc(Br)cc1. The monoisotopic (exact) mass is 316 g/mol. The van der Waals surface area contributed by atoms with Crippen molar-refractivity contribution in [2.75, 3.05) is 5.32 Å². The molecular formula is C15H13BrN2O. The van der Waals surface area contributed by atoms with Gasteiger partial charge in [0.15, 0.2) is 5.78 Å². The molecule has 19 heavy (non-hydrogen) atoms. The zero-order valence-electron chi connectivity index (χ0n) is 10.4. The summed E-state index contributed by atoms with van der Waals surface area (Å²) >= 11 is 3.34. The van der Waals surface area contributed by atoms with Crippen LogP contribution in [0.5, 0.6) is 0 Å². The Hall–Kier alpha value is -1.94. The van der Waals surface area contributed by atoms with E-state index in [1.54, 1.807) is 24.5 Å². The van der Waals surface area contributed by atoms with Gasteiger partial charge in [-0.05, 0) is 42.8 Å². The van der Waals surface area contributed by atoms with Gasteiger partial charge in [-0.15, -0.1) is 0 Å². The van der Waals surface area contributed by atoms with Gasteiger partial charge in [0.2, 0.25) is 0 Å². The number of rotatable bonds is 4. The molecule has 0 unspecified atom stereocenters. The second-order valence-corrected chi connectivity index (χ2v) is 4.93. The van der Waals surface area contributed by atoms with Crippen molar-refractivity contribution in [3.8, 4) is 0 Å². The number of nitrogens with zero attached hydrogens (tertiary/aromatic N) is 1. The lowest BCUT2D eigenvalue weighted by Crippen LogP contribution is -1.98. The lowest BCUT2D eigenvalue weighted by Gasteiger charge is -2.02. The molecule has 3 nitrogen and oxygen atoms in total. The number of carbonyl (C=O) groups excluding carboxylic acids is 1. The van der Waals surface area contributed by atoms with Crippen LogP contribution in [0.1, 0.15) is 15.9 Å². The van der Waals surface area contributed by atoms with E-state index < -0.39 is 0 Å². The Kier molecular flexibility index (Phi) is 4.47. The first-order chi connectivity index (χ1) is 9.16. The molecule has 1 aromatic heterocycles. The van der Waals surface area contributed by atoms with E-state index in [1.807, 2.05) is 31.2 Å². The van der Waals surface area contributed by atoms with Crippen LogP contribution in [0.3, 0.4) is 0 Å². The third-order valence-corrected chi connectivity index (χ3v) is 3.12. The number of hydrogen-bond acceptors (Lipinski definition) is 3. The summed E-state index contributed by atoms with van der Waals surface area (Å²) in [5.41, 5.74) is 1.68. The molecule has 0 radical (unpaired) electrons. The Morgan fingerprint density at radius 2 is 2.00 bits per heavy atom. The second-order valence-electron chi connectivity index (χ2n) is 4.02. The quantitative estimate of drug-likeness (QED) is 0.685. The molecular weight excluding hydrogens is 304 g/mol. The van der Waals surface area contributed by atoms with Crippen LogP contribution in [-0.2, 0) is 0 Å². The lowest BCUT2D eigenvalue weighted by molar-refractivity contribution is 0.104. The molecule has 4 heteroatoms. The maximum absolute atomic E-state index is 11.9. The highest BCUT2D eigenvalue weighted by atomic mass is 79.9. The summed E-state index contributed by atoms with van der Waals surface area (Å²) in [6, 6.07) is 11.1. The largest absolute Gasteiger partial charge is 0.346 e. The highest BCUT2D eigenvalue weighted by Gasteiger charge is 2.01. The van der Waals surface area contributed by atoms with Gasteiger partial charge in [0.05, 0.1) is 0 Å². The summed E-state index contributed by atoms with van der Waals surface area (Å²) in [4.78, 5) is 16.0. The van der Waals surface area contributed by atoms with Crippen molar-refractivity contribution in [3.63, 3.8) is 0 Å². The van der Waals surface area contributed by atoms with Gasteiger partial charge < -0.3 is 5.32 Å². The Balaban J connectivity index is 2.01. The fourth-order valence-electron chi connectivity index (χ4n) is 1.54. The summed E-state index contributed by atoms with van der Waals surface area (Å²) in [7, 11) is 0. The smallest absolute Gasteiger partial charge is 0.187 e. The minimum absolute atomic E-state index is 0.0476. The predicted octanol–water partition coefficient (Wildman–Crippen LogP) is 3.96. The zero-order valence-corrected chi connectivity index (χ0v) is 12.0. The molecule has 1 aromatic carbocycles. The fraction of sp³-hybridized carbons (Fsp3) is 0.0667. The summed E-state index contributed by atoms with van der Waals surface area (Å²) in [5, 5.41) is 3.00. The molecule has 0 aliphatic heterocycles. The Morgan fingerprint density at radius 1 is 1.26 bits per heavy atom. The van der Waals surface area contributed by atoms with Crippen molar-refractivity contribution in [1.82, 2.24) is 4.98 Å². The first-order valence-electron chi connectivity index (χ1n) is 5.81. The summed E-state index contributed by atoms with van der Waals surface area (Å²) in [6.45, 7) is 1.96. The lowest BCUT2D eigenvalue weighted by atomic mass is 10.1. The van der Waals surface area contributed by atoms with Gasteiger partial charge in [-0.1, -0.05) is 22.0 Å². The molecule has 0 bridgehead atoms. The molecule has 1 heterocycles. The minimum Gasteiger partial charge on any atom is -0.346 e. The van der Waals surface area contributed by atoms with Gasteiger partial charge in [0.1, 0.15) is 5.82 Å². The van der Waals surface area contributed by atoms with Crippen molar-refractivity contribution < 1.29 is 4.79 Å². The van der Waals surface area contributed by atoms with Crippen LogP contribution in [0, 0.1) is 6.92 Å². The molecule has 0 saturated heterocycles. The molecule has 0 aliphatic carbocycles. The van der Waals surface area contributed by atoms with Crippen LogP contribution < -0.4 is 5.32 Å². The fourth-order valence-corrected chi connectivity index (χ4v) is 1.81. The number of carbonyl (C=O) groups is 1. The molecule has 0 fully saturated rings. The minimum atomic E-state index is -0.0476. The van der Waals surface area contributed by atoms with E-state index in [-0.39, 0.29) is 5.78 Å². The Bertz CT molecular complexity index is 606. The topological polar surface area (TPSA) is 42.0 Å². The van der Waals surface area contributed by atoms with Crippen LogP contribution in [0.25, 0.3) is 0 Å². The molecule has 0 aliphatic rings. The summed E-state index contributed by atoms with van der Waals surface area (Å²) < 4.78 is 0.954. The van der Waals surface area contributed by atoms with Crippen molar-refractivity contribution in [2.45, 2.75) is 6.92 Å². The number of hydrogen-bond donors (Lipinski definition) is 1. The Labute approximate surface area is 120 Å². The van der Waals surface area contributed by atoms with E-state index in [9.17, 15) is 4.79 Å². The summed E-state index contributed by atoms with van der Waals surface area (Å²) in [6.07, 6.45) is 4.82. The highest BCUT2D eigenvalue weighted by molar-refractivity contribution is 9.10. The van der Waals surface area contributed by atoms with E-state index in [4.69, 9.17) is 0 Å². The number of ketones is 1. The average molecular weight is 317 g/mol. The predicted molar refractivity (Wildman–Crippen MR) is 80.2 cm³/mol. The van der Waals surface area contributed by atoms with Crippen molar-refractivity contribution >= 4 is 27.5 Å². The van der Waals surface area contributed by atoms with Crippen LogP contribution in [0.2, 0.25) is 0 Å². The van der Waals surface area contributed by atoms with Crippen LogP contribution in [0.4, 0.5) is 5.82 Å². The van der Waals surface area contributed by atoms with Gasteiger partial charge >= 0.3 is 0 Å². The summed E-state index contributed by atoms with van der Waals surface area (Å²) in [5.74, 6) is 0.705. The molecule has 96 valence electrons. The molecule has 2 rings (SSSR count). The second kappa shape index (κ2) is 6.29. The number of anilines is 1. The number of pyridine rings is 1. The molecule has 2 aromatic rings. The van der Waals surface area contributed by atoms with Gasteiger partial charge in [-0.2, -0.15) is 0 Å². The van der Waals surface area contributed by atoms with Gasteiger partial charge in [-0.25, -0.2) is 4.98 Å². The third kappa shape index (κ3) is 3.76. The molecule has 0 atom stereocenters. The molecule has 0 saturated carbocycles. The van der Waals surface area contributed by atoms with E-state index >= 15 is 0 Å². The molecule has 1 N–H and O–H groups in total. The standard InChI is InChI=1S/C15H13BrN2O/c1-11-3-2-9-17-15(11)18-10-8-14(19)12-4-6-13(16)7-5-12/h2-10H,1H3,(H,17,18)/b10-8+. The number of aryl methyl sites for hydroxylation is 1. The molecule has 0 amide bonds. The number of aromatic nitrogens is 1. The van der Waals surface area contributed by atoms with Crippen LogP contribution in [-0.4, -0.2) is 10.8 Å². The van der Waals surface area contributed by atoms with Crippen molar-refractivity contribution in [3.05, 3.63) is 70.5 Å². The third-order valence-electron chi connectivity index (χ3n) is 2.59. The van der Waals surface area contributed by atoms with Gasteiger partial charge in [0.25, 0.3) is 0 Å². The Morgan fingerprint density at radius 3 is 2.68 bits per heavy atom. The van der Waals surface area contributed by atoms with E-state index in [2.05, 4.69) is 26.2 Å². The van der Waals surface area contributed by atoms with E-state index in [0.717, 1.165) is 15.9 Å². The number of benzene rings is 1. The van der Waals surface area contributed by atoms with E-state index in [0.29, 0.717) is 5.56 Å².